The number of aliphatic imine (C=N–C) groups is 1. The topological polar surface area (TPSA) is 121 Å². The second-order valence-electron chi connectivity index (χ2n) is 7.92. The van der Waals surface area contributed by atoms with Crippen molar-refractivity contribution < 1.29 is 22.7 Å². The molecule has 4 rings (SSSR count). The summed E-state index contributed by atoms with van der Waals surface area (Å²) >= 11 is 7.14. The summed E-state index contributed by atoms with van der Waals surface area (Å²) in [6.07, 6.45) is 1.43. The maximum Gasteiger partial charge on any atom is 0.283 e. The predicted octanol–water partition coefficient (Wildman–Crippen LogP) is 4.43. The monoisotopic (exact) mass is 546 g/mol. The van der Waals surface area contributed by atoms with Gasteiger partial charge in [-0.2, -0.15) is 9.39 Å². The van der Waals surface area contributed by atoms with Gasteiger partial charge in [0.25, 0.3) is 5.91 Å². The van der Waals surface area contributed by atoms with Crippen LogP contribution in [-0.4, -0.2) is 54.4 Å². The minimum absolute atomic E-state index is 0.0408. The Balaban J connectivity index is 1.46. The van der Waals surface area contributed by atoms with E-state index < -0.39 is 15.7 Å². The molecule has 0 spiro atoms. The van der Waals surface area contributed by atoms with E-state index in [1.807, 2.05) is 32.0 Å². The fraction of sp³-hybridized carbons (Fsp3) is 0.250. The summed E-state index contributed by atoms with van der Waals surface area (Å²) in [4.78, 5) is 17.5. The summed E-state index contributed by atoms with van der Waals surface area (Å²) in [5, 5.41) is 8.52. The van der Waals surface area contributed by atoms with Crippen molar-refractivity contribution in [1.82, 2.24) is 4.90 Å². The van der Waals surface area contributed by atoms with Gasteiger partial charge in [0.2, 0.25) is 20.2 Å². The highest BCUT2D eigenvalue weighted by atomic mass is 35.5. The van der Waals surface area contributed by atoms with Crippen LogP contribution >= 0.6 is 23.5 Å². The number of benzene rings is 2. The molecule has 1 amide bonds. The molecule has 0 atom stereocenters. The molecule has 12 heteroatoms. The molecule has 0 unspecified atom stereocenters. The zero-order valence-electron chi connectivity index (χ0n) is 19.7. The van der Waals surface area contributed by atoms with Crippen molar-refractivity contribution in [2.75, 3.05) is 19.0 Å². The van der Waals surface area contributed by atoms with E-state index >= 15 is 0 Å². The van der Waals surface area contributed by atoms with E-state index in [1.54, 1.807) is 18.2 Å². The number of nitrogens with zero attached hydrogens (tertiary/aromatic N) is 3. The van der Waals surface area contributed by atoms with Crippen LogP contribution in [0.3, 0.4) is 0 Å². The van der Waals surface area contributed by atoms with Crippen molar-refractivity contribution in [2.24, 2.45) is 9.39 Å². The van der Waals surface area contributed by atoms with Crippen LogP contribution in [0.2, 0.25) is 5.02 Å². The lowest BCUT2D eigenvalue weighted by molar-refractivity contribution is -0.114. The van der Waals surface area contributed by atoms with Gasteiger partial charge in [0.05, 0.1) is 28.3 Å². The van der Waals surface area contributed by atoms with Gasteiger partial charge >= 0.3 is 0 Å². The highest BCUT2D eigenvalue weighted by Gasteiger charge is 2.42. The van der Waals surface area contributed by atoms with Gasteiger partial charge in [-0.15, -0.1) is 0 Å². The normalized spacial score (nSPS) is 16.7. The van der Waals surface area contributed by atoms with Crippen molar-refractivity contribution in [1.29, 1.82) is 5.41 Å². The standard InChI is InChI=1S/C24H23ClN4O5S2/c1-4-36(31,32)24-28-35-23-27-22(30)17(21(26)29(23)24)12-16-8-9-19(18(25)13-16)33-10-11-34-20-14(2)6-5-7-15(20)3/h5-9,12-13,26H,4,10-11H2,1-3H3/b17-12-,26-21?. The SMILES string of the molecule is CCS(=O)(=O)C1=NSC2=NC(=O)/C(=C\c3ccc(OCCOc4c(C)cccc4C)c(Cl)c3)C(=N)N21. The molecule has 0 saturated carbocycles. The van der Waals surface area contributed by atoms with E-state index in [9.17, 15) is 13.2 Å². The summed E-state index contributed by atoms with van der Waals surface area (Å²) in [6, 6.07) is 10.9. The number of carbonyl (C=O) groups is 1. The van der Waals surface area contributed by atoms with Crippen molar-refractivity contribution >= 4 is 61.5 Å². The number of hydrogen-bond acceptors (Lipinski definition) is 8. The average Bonchev–Trinajstić information content (AvgIpc) is 3.27. The third-order valence-electron chi connectivity index (χ3n) is 5.42. The number of para-hydroxylation sites is 1. The third-order valence-corrected chi connectivity index (χ3v) is 8.12. The molecule has 0 aliphatic carbocycles. The molecular weight excluding hydrogens is 524 g/mol. The molecule has 2 heterocycles. The first kappa shape index (κ1) is 25.9. The zero-order valence-corrected chi connectivity index (χ0v) is 22.1. The van der Waals surface area contributed by atoms with Crippen molar-refractivity contribution in [3.63, 3.8) is 0 Å². The van der Waals surface area contributed by atoms with Gasteiger partial charge in [-0.3, -0.25) is 10.2 Å². The van der Waals surface area contributed by atoms with Gasteiger partial charge < -0.3 is 9.47 Å². The van der Waals surface area contributed by atoms with Crippen LogP contribution in [0.5, 0.6) is 11.5 Å². The fourth-order valence-electron chi connectivity index (χ4n) is 3.54. The highest BCUT2D eigenvalue weighted by Crippen LogP contribution is 2.31. The molecule has 0 radical (unpaired) electrons. The smallest absolute Gasteiger partial charge is 0.283 e. The number of nitrogens with one attached hydrogen (secondary N) is 1. The van der Waals surface area contributed by atoms with E-state index in [-0.39, 0.29) is 34.1 Å². The highest BCUT2D eigenvalue weighted by molar-refractivity contribution is 8.16. The van der Waals surface area contributed by atoms with Crippen LogP contribution < -0.4 is 9.47 Å². The van der Waals surface area contributed by atoms with Gasteiger partial charge in [-0.25, -0.2) is 13.3 Å². The minimum atomic E-state index is -3.71. The number of carbonyl (C=O) groups excluding carboxylic acids is 1. The molecular formula is C24H23ClN4O5S2. The first-order valence-corrected chi connectivity index (χ1v) is 13.8. The molecule has 0 fully saturated rings. The summed E-state index contributed by atoms with van der Waals surface area (Å²) in [5.41, 5.74) is 2.53. The Hall–Kier alpha value is -3.15. The molecule has 2 aliphatic heterocycles. The molecule has 36 heavy (non-hydrogen) atoms. The first-order chi connectivity index (χ1) is 17.1. The Bertz CT molecular complexity index is 1430. The summed E-state index contributed by atoms with van der Waals surface area (Å²) in [5.74, 6) is 0.100. The lowest BCUT2D eigenvalue weighted by atomic mass is 10.1. The Kier molecular flexibility index (Phi) is 7.53. The molecule has 9 nitrogen and oxygen atoms in total. The maximum absolute atomic E-state index is 12.6. The summed E-state index contributed by atoms with van der Waals surface area (Å²) in [7, 11) is -3.71. The van der Waals surface area contributed by atoms with Gasteiger partial charge in [0.1, 0.15) is 30.5 Å². The third kappa shape index (κ3) is 5.18. The second-order valence-corrected chi connectivity index (χ2v) is 11.2. The number of ether oxygens (including phenoxy) is 2. The van der Waals surface area contributed by atoms with Crippen LogP contribution in [0.4, 0.5) is 0 Å². The lowest BCUT2D eigenvalue weighted by Gasteiger charge is -2.24. The fourth-order valence-corrected chi connectivity index (χ4v) is 5.75. The Morgan fingerprint density at radius 3 is 2.50 bits per heavy atom. The van der Waals surface area contributed by atoms with Gasteiger partial charge in [-0.1, -0.05) is 42.8 Å². The van der Waals surface area contributed by atoms with Gasteiger partial charge in [-0.05, 0) is 48.7 Å². The Morgan fingerprint density at radius 1 is 1.14 bits per heavy atom. The number of sulfone groups is 1. The molecule has 1 N–H and O–H groups in total. The van der Waals surface area contributed by atoms with E-state index in [1.165, 1.54) is 13.0 Å². The lowest BCUT2D eigenvalue weighted by Crippen LogP contribution is -2.45. The largest absolute Gasteiger partial charge is 0.489 e. The molecule has 2 aromatic rings. The number of fused-ring (bicyclic) bond motifs is 1. The van der Waals surface area contributed by atoms with E-state index in [4.69, 9.17) is 26.5 Å². The molecule has 2 aliphatic rings. The zero-order chi connectivity index (χ0) is 26.0. The average molecular weight is 547 g/mol. The van der Waals surface area contributed by atoms with Gasteiger partial charge in [0, 0.05) is 0 Å². The van der Waals surface area contributed by atoms with Gasteiger partial charge in [0.15, 0.2) is 0 Å². The number of rotatable bonds is 7. The van der Waals surface area contributed by atoms with E-state index in [2.05, 4.69) is 9.39 Å². The van der Waals surface area contributed by atoms with Crippen LogP contribution in [0, 0.1) is 19.3 Å². The molecule has 0 aromatic heterocycles. The van der Waals surface area contributed by atoms with Crippen LogP contribution in [-0.2, 0) is 14.6 Å². The molecule has 2 aromatic carbocycles. The van der Waals surface area contributed by atoms with Crippen molar-refractivity contribution in [3.8, 4) is 11.5 Å². The number of amides is 1. The summed E-state index contributed by atoms with van der Waals surface area (Å²) < 4.78 is 40.2. The van der Waals surface area contributed by atoms with Crippen molar-refractivity contribution in [2.45, 2.75) is 20.8 Å². The number of halogens is 1. The first-order valence-electron chi connectivity index (χ1n) is 10.9. The Labute approximate surface area is 218 Å². The van der Waals surface area contributed by atoms with Crippen LogP contribution in [0.1, 0.15) is 23.6 Å². The molecule has 0 saturated heterocycles. The molecule has 0 bridgehead atoms. The number of aryl methyl sites for hydroxylation is 2. The second kappa shape index (κ2) is 10.5. The number of amidine groups is 3. The molecule has 188 valence electrons. The van der Waals surface area contributed by atoms with Crippen LogP contribution in [0.25, 0.3) is 6.08 Å². The quantitative estimate of drug-likeness (QED) is 0.310. The van der Waals surface area contributed by atoms with Crippen molar-refractivity contribution in [3.05, 3.63) is 63.7 Å². The predicted molar refractivity (Wildman–Crippen MR) is 143 cm³/mol. The summed E-state index contributed by atoms with van der Waals surface area (Å²) in [6.45, 7) is 6.05. The van der Waals surface area contributed by atoms with E-state index in [0.29, 0.717) is 22.9 Å². The Morgan fingerprint density at radius 2 is 1.83 bits per heavy atom. The van der Waals surface area contributed by atoms with Crippen LogP contribution in [0.15, 0.2) is 51.4 Å². The minimum Gasteiger partial charge on any atom is -0.489 e. The number of hydrogen-bond donors (Lipinski definition) is 1. The maximum atomic E-state index is 12.6. The van der Waals surface area contributed by atoms with E-state index in [0.717, 1.165) is 33.7 Å².